The number of fused-ring (bicyclic) bond motifs is 1. The number of ether oxygens (including phenoxy) is 3. The fourth-order valence-electron chi connectivity index (χ4n) is 1.39. The third kappa shape index (κ3) is 2.34. The number of carbonyl (C=O) groups is 1. The Hall–Kier alpha value is -1.97. The van der Waals surface area contributed by atoms with Crippen LogP contribution in [0.25, 0.3) is 6.08 Å². The van der Waals surface area contributed by atoms with Gasteiger partial charge in [-0.05, 0) is 17.7 Å². The Morgan fingerprint density at radius 2 is 2.25 bits per heavy atom. The van der Waals surface area contributed by atoms with Crippen LogP contribution in [0, 0.1) is 0 Å². The van der Waals surface area contributed by atoms with Gasteiger partial charge in [0, 0.05) is 0 Å². The molecule has 0 spiro atoms. The lowest BCUT2D eigenvalue weighted by atomic mass is 10.2. The lowest BCUT2D eigenvalue weighted by Gasteiger charge is -1.97. The van der Waals surface area contributed by atoms with Gasteiger partial charge in [-0.3, -0.25) is 4.79 Å². The Morgan fingerprint density at radius 1 is 1.44 bits per heavy atom. The van der Waals surface area contributed by atoms with Gasteiger partial charge in [0.2, 0.25) is 6.79 Å². The highest BCUT2D eigenvalue weighted by molar-refractivity contribution is 5.72. The van der Waals surface area contributed by atoms with Gasteiger partial charge in [0.1, 0.15) is 0 Å². The Balaban J connectivity index is 2.02. The summed E-state index contributed by atoms with van der Waals surface area (Å²) in [7, 11) is 1.37. The van der Waals surface area contributed by atoms with Gasteiger partial charge in [-0.15, -0.1) is 0 Å². The molecule has 4 nitrogen and oxygen atoms in total. The minimum atomic E-state index is -0.253. The molecule has 1 aliphatic heterocycles. The van der Waals surface area contributed by atoms with Crippen molar-refractivity contribution in [1.82, 2.24) is 0 Å². The molecule has 0 atom stereocenters. The Bertz CT molecular complexity index is 423. The Kier molecular flexibility index (Phi) is 3.10. The summed E-state index contributed by atoms with van der Waals surface area (Å²) < 4.78 is 15.0. The van der Waals surface area contributed by atoms with Crippen LogP contribution >= 0.6 is 0 Å². The highest BCUT2D eigenvalue weighted by atomic mass is 16.7. The summed E-state index contributed by atoms with van der Waals surface area (Å²) in [5.74, 6) is 1.24. The molecule has 1 aliphatic rings. The fourth-order valence-corrected chi connectivity index (χ4v) is 1.39. The van der Waals surface area contributed by atoms with E-state index in [1.165, 1.54) is 7.11 Å². The number of rotatable bonds is 3. The van der Waals surface area contributed by atoms with Crippen LogP contribution in [0.15, 0.2) is 24.3 Å². The highest BCUT2D eigenvalue weighted by Gasteiger charge is 2.11. The van der Waals surface area contributed by atoms with Crippen LogP contribution < -0.4 is 9.47 Å². The predicted molar refractivity (Wildman–Crippen MR) is 58.2 cm³/mol. The van der Waals surface area contributed by atoms with Crippen molar-refractivity contribution in [3.8, 4) is 11.5 Å². The van der Waals surface area contributed by atoms with E-state index < -0.39 is 0 Å². The van der Waals surface area contributed by atoms with Gasteiger partial charge in [-0.25, -0.2) is 0 Å². The molecule has 0 bridgehead atoms. The molecule has 0 amide bonds. The lowest BCUT2D eigenvalue weighted by Crippen LogP contribution is -1.96. The molecule has 1 heterocycles. The van der Waals surface area contributed by atoms with Crippen molar-refractivity contribution in [1.29, 1.82) is 0 Å². The van der Waals surface area contributed by atoms with E-state index in [4.69, 9.17) is 9.47 Å². The molecular weight excluding hydrogens is 208 g/mol. The van der Waals surface area contributed by atoms with Gasteiger partial charge in [0.05, 0.1) is 13.5 Å². The van der Waals surface area contributed by atoms with Gasteiger partial charge in [-0.2, -0.15) is 0 Å². The summed E-state index contributed by atoms with van der Waals surface area (Å²) in [5.41, 5.74) is 0.966. The molecule has 84 valence electrons. The molecule has 4 heteroatoms. The van der Waals surface area contributed by atoms with Gasteiger partial charge < -0.3 is 14.2 Å². The molecule has 1 aromatic carbocycles. The normalized spacial score (nSPS) is 13.1. The highest BCUT2D eigenvalue weighted by Crippen LogP contribution is 2.32. The lowest BCUT2D eigenvalue weighted by molar-refractivity contribution is -0.139. The molecule has 0 fully saturated rings. The van der Waals surface area contributed by atoms with Crippen molar-refractivity contribution >= 4 is 12.0 Å². The second kappa shape index (κ2) is 4.70. The van der Waals surface area contributed by atoms with Crippen LogP contribution in [-0.2, 0) is 9.53 Å². The Morgan fingerprint density at radius 3 is 3.06 bits per heavy atom. The van der Waals surface area contributed by atoms with E-state index in [9.17, 15) is 4.79 Å². The standard InChI is InChI=1S/C12H12O4/c1-14-12(13)4-2-3-9-5-6-10-11(7-9)16-8-15-10/h2-3,5-7H,4,8H2,1H3/b3-2+. The van der Waals surface area contributed by atoms with Gasteiger partial charge in [0.25, 0.3) is 0 Å². The first-order chi connectivity index (χ1) is 7.79. The SMILES string of the molecule is COC(=O)C/C=C/c1ccc2c(c1)OCO2. The quantitative estimate of drug-likeness (QED) is 0.731. The van der Waals surface area contributed by atoms with Gasteiger partial charge >= 0.3 is 5.97 Å². The van der Waals surface area contributed by atoms with Crippen molar-refractivity contribution < 1.29 is 19.0 Å². The second-order valence-corrected chi connectivity index (χ2v) is 3.30. The Labute approximate surface area is 93.4 Å². The molecule has 0 N–H and O–H groups in total. The van der Waals surface area contributed by atoms with Crippen molar-refractivity contribution in [2.24, 2.45) is 0 Å². The van der Waals surface area contributed by atoms with E-state index in [0.717, 1.165) is 17.1 Å². The minimum Gasteiger partial charge on any atom is -0.469 e. The van der Waals surface area contributed by atoms with E-state index in [1.807, 2.05) is 24.3 Å². The maximum absolute atomic E-state index is 10.9. The van der Waals surface area contributed by atoms with E-state index in [0.29, 0.717) is 0 Å². The predicted octanol–water partition coefficient (Wildman–Crippen LogP) is 1.99. The zero-order valence-electron chi connectivity index (χ0n) is 8.93. The molecular formula is C12H12O4. The van der Waals surface area contributed by atoms with Crippen molar-refractivity contribution in [3.63, 3.8) is 0 Å². The van der Waals surface area contributed by atoms with Gasteiger partial charge in [0.15, 0.2) is 11.5 Å². The smallest absolute Gasteiger partial charge is 0.309 e. The maximum Gasteiger partial charge on any atom is 0.309 e. The van der Waals surface area contributed by atoms with Crippen molar-refractivity contribution in [2.75, 3.05) is 13.9 Å². The van der Waals surface area contributed by atoms with Crippen LogP contribution in [0.5, 0.6) is 11.5 Å². The average Bonchev–Trinajstić information content (AvgIpc) is 2.76. The van der Waals surface area contributed by atoms with E-state index in [1.54, 1.807) is 6.08 Å². The third-order valence-electron chi connectivity index (χ3n) is 2.22. The molecule has 0 unspecified atom stereocenters. The first kappa shape index (κ1) is 10.5. The number of esters is 1. The van der Waals surface area contributed by atoms with Crippen LogP contribution in [0.3, 0.4) is 0 Å². The number of hydrogen-bond donors (Lipinski definition) is 0. The molecule has 0 saturated carbocycles. The first-order valence-electron chi connectivity index (χ1n) is 4.92. The summed E-state index contributed by atoms with van der Waals surface area (Å²) in [6, 6.07) is 5.62. The van der Waals surface area contributed by atoms with Crippen molar-refractivity contribution in [2.45, 2.75) is 6.42 Å². The zero-order chi connectivity index (χ0) is 11.4. The molecule has 0 aromatic heterocycles. The molecule has 0 saturated heterocycles. The van der Waals surface area contributed by atoms with Crippen molar-refractivity contribution in [3.05, 3.63) is 29.8 Å². The molecule has 2 rings (SSSR count). The van der Waals surface area contributed by atoms with Crippen LogP contribution in [0.2, 0.25) is 0 Å². The topological polar surface area (TPSA) is 44.8 Å². The number of carbonyl (C=O) groups excluding carboxylic acids is 1. The molecule has 16 heavy (non-hydrogen) atoms. The zero-order valence-corrected chi connectivity index (χ0v) is 8.93. The summed E-state index contributed by atoms with van der Waals surface area (Å²) in [4.78, 5) is 10.9. The minimum absolute atomic E-state index is 0.253. The first-order valence-corrected chi connectivity index (χ1v) is 4.92. The summed E-state index contributed by atoms with van der Waals surface area (Å²) in [5, 5.41) is 0. The van der Waals surface area contributed by atoms with Crippen LogP contribution in [-0.4, -0.2) is 19.9 Å². The fraction of sp³-hybridized carbons (Fsp3) is 0.250. The number of methoxy groups -OCH3 is 1. The largest absolute Gasteiger partial charge is 0.469 e. The monoisotopic (exact) mass is 220 g/mol. The van der Waals surface area contributed by atoms with Crippen LogP contribution in [0.1, 0.15) is 12.0 Å². The third-order valence-corrected chi connectivity index (χ3v) is 2.22. The average molecular weight is 220 g/mol. The maximum atomic E-state index is 10.9. The van der Waals surface area contributed by atoms with E-state index in [-0.39, 0.29) is 19.2 Å². The van der Waals surface area contributed by atoms with Crippen LogP contribution in [0.4, 0.5) is 0 Å². The second-order valence-electron chi connectivity index (χ2n) is 3.30. The van der Waals surface area contributed by atoms with E-state index in [2.05, 4.69) is 4.74 Å². The summed E-state index contributed by atoms with van der Waals surface area (Å²) in [6.07, 6.45) is 3.87. The molecule has 0 aliphatic carbocycles. The summed E-state index contributed by atoms with van der Waals surface area (Å²) >= 11 is 0. The van der Waals surface area contributed by atoms with Gasteiger partial charge in [-0.1, -0.05) is 18.2 Å². The number of benzene rings is 1. The van der Waals surface area contributed by atoms with E-state index >= 15 is 0 Å². The summed E-state index contributed by atoms with van der Waals surface area (Å²) in [6.45, 7) is 0.269. The number of hydrogen-bond acceptors (Lipinski definition) is 4. The molecule has 0 radical (unpaired) electrons. The molecule has 1 aromatic rings.